The molecule has 0 fully saturated rings. The van der Waals surface area contributed by atoms with Gasteiger partial charge in [-0.2, -0.15) is 0 Å². The maximum Gasteiger partial charge on any atom is 0.193 e. The Bertz CT molecular complexity index is 177. The molecular weight excluding hydrogens is 199 g/mol. The first-order valence-electron chi connectivity index (χ1n) is 5.12. The van der Waals surface area contributed by atoms with Gasteiger partial charge in [0.05, 0.1) is 0 Å². The normalized spacial score (nSPS) is 13.3. The van der Waals surface area contributed by atoms with E-state index < -0.39 is 15.7 Å². The minimum Gasteiger partial charge on any atom is -0.370 e. The second-order valence-corrected chi connectivity index (χ2v) is 11.9. The smallest absolute Gasteiger partial charge is 0.193 e. The summed E-state index contributed by atoms with van der Waals surface area (Å²) < 4.78 is 18.0. The van der Waals surface area contributed by atoms with E-state index in [4.69, 9.17) is 4.21 Å². The van der Waals surface area contributed by atoms with E-state index in [0.717, 1.165) is 25.2 Å². The SMILES string of the molecule is CCCP(=O)(CCC)O[Si](C)(C)C. The molecule has 13 heavy (non-hydrogen) atoms. The zero-order chi connectivity index (χ0) is 10.5. The Morgan fingerprint density at radius 1 is 1.08 bits per heavy atom. The van der Waals surface area contributed by atoms with Crippen molar-refractivity contribution in [1.82, 2.24) is 0 Å². The van der Waals surface area contributed by atoms with E-state index in [1.54, 1.807) is 0 Å². The van der Waals surface area contributed by atoms with Crippen LogP contribution in [0.15, 0.2) is 0 Å². The van der Waals surface area contributed by atoms with Crippen molar-refractivity contribution >= 4 is 15.7 Å². The molecule has 0 rings (SSSR count). The van der Waals surface area contributed by atoms with Gasteiger partial charge in [-0.15, -0.1) is 0 Å². The molecule has 0 saturated carbocycles. The van der Waals surface area contributed by atoms with Gasteiger partial charge in [0.25, 0.3) is 0 Å². The third-order valence-corrected chi connectivity index (χ3v) is 7.35. The maximum absolute atomic E-state index is 12.2. The lowest BCUT2D eigenvalue weighted by Gasteiger charge is -2.26. The minimum absolute atomic E-state index is 0.755. The first kappa shape index (κ1) is 13.4. The monoisotopic (exact) mass is 222 g/mol. The molecule has 0 aliphatic carbocycles. The van der Waals surface area contributed by atoms with Crippen molar-refractivity contribution in [3.8, 4) is 0 Å². The summed E-state index contributed by atoms with van der Waals surface area (Å²) in [6.45, 7) is 10.4. The maximum atomic E-state index is 12.2. The average molecular weight is 222 g/mol. The van der Waals surface area contributed by atoms with Crippen molar-refractivity contribution in [2.45, 2.75) is 46.3 Å². The standard InChI is InChI=1S/C9H23O2PSi/c1-6-8-12(10,9-7-2)11-13(3,4)5/h6-9H2,1-5H3. The molecule has 0 bridgehead atoms. The second kappa shape index (κ2) is 5.33. The molecule has 0 N–H and O–H groups in total. The van der Waals surface area contributed by atoms with E-state index >= 15 is 0 Å². The van der Waals surface area contributed by atoms with Gasteiger partial charge >= 0.3 is 0 Å². The topological polar surface area (TPSA) is 26.3 Å². The first-order valence-corrected chi connectivity index (χ1v) is 10.5. The highest BCUT2D eigenvalue weighted by Crippen LogP contribution is 2.50. The number of rotatable bonds is 6. The van der Waals surface area contributed by atoms with Gasteiger partial charge in [0, 0.05) is 12.3 Å². The van der Waals surface area contributed by atoms with Crippen LogP contribution in [0.1, 0.15) is 26.7 Å². The van der Waals surface area contributed by atoms with Crippen LogP contribution >= 0.6 is 7.37 Å². The second-order valence-electron chi connectivity index (χ2n) is 4.47. The Hall–Kier alpha value is 0.407. The highest BCUT2D eigenvalue weighted by molar-refractivity contribution is 7.60. The van der Waals surface area contributed by atoms with Crippen LogP contribution in [0, 0.1) is 0 Å². The summed E-state index contributed by atoms with van der Waals surface area (Å²) in [5.74, 6) is 0. The van der Waals surface area contributed by atoms with Crippen molar-refractivity contribution in [1.29, 1.82) is 0 Å². The summed E-state index contributed by atoms with van der Waals surface area (Å²) in [5, 5.41) is 0. The molecule has 0 aromatic rings. The summed E-state index contributed by atoms with van der Waals surface area (Å²) in [4.78, 5) is 0. The highest BCUT2D eigenvalue weighted by atomic mass is 31.2. The van der Waals surface area contributed by atoms with Gasteiger partial charge < -0.3 is 4.21 Å². The number of hydrogen-bond donors (Lipinski definition) is 0. The fraction of sp³-hybridized carbons (Fsp3) is 1.00. The Balaban J connectivity index is 4.33. The van der Waals surface area contributed by atoms with Gasteiger partial charge in [0.1, 0.15) is 0 Å². The van der Waals surface area contributed by atoms with Crippen LogP contribution < -0.4 is 0 Å². The van der Waals surface area contributed by atoms with Crippen LogP contribution in [0.25, 0.3) is 0 Å². The molecule has 80 valence electrons. The molecule has 2 nitrogen and oxygen atoms in total. The fourth-order valence-electron chi connectivity index (χ4n) is 1.38. The summed E-state index contributed by atoms with van der Waals surface area (Å²) >= 11 is 0. The third kappa shape index (κ3) is 6.47. The summed E-state index contributed by atoms with van der Waals surface area (Å²) in [6, 6.07) is 0. The van der Waals surface area contributed by atoms with Crippen LogP contribution in [-0.4, -0.2) is 20.6 Å². The van der Waals surface area contributed by atoms with Gasteiger partial charge in [-0.05, 0) is 32.5 Å². The van der Waals surface area contributed by atoms with Crippen molar-refractivity contribution in [3.63, 3.8) is 0 Å². The zero-order valence-electron chi connectivity index (χ0n) is 9.59. The van der Waals surface area contributed by atoms with Crippen LogP contribution in [-0.2, 0) is 8.78 Å². The summed E-state index contributed by atoms with van der Waals surface area (Å²) in [6.07, 6.45) is 3.43. The molecule has 0 saturated heterocycles. The van der Waals surface area contributed by atoms with Crippen molar-refractivity contribution < 1.29 is 8.78 Å². The van der Waals surface area contributed by atoms with Crippen LogP contribution in [0.4, 0.5) is 0 Å². The molecule has 0 aromatic carbocycles. The zero-order valence-corrected chi connectivity index (χ0v) is 11.5. The average Bonchev–Trinajstić information content (AvgIpc) is 1.82. The third-order valence-electron chi connectivity index (χ3n) is 1.57. The summed E-state index contributed by atoms with van der Waals surface area (Å²) in [7, 11) is -3.91. The van der Waals surface area contributed by atoms with Crippen LogP contribution in [0.2, 0.25) is 19.6 Å². The Morgan fingerprint density at radius 3 is 1.69 bits per heavy atom. The predicted molar refractivity (Wildman–Crippen MR) is 62.4 cm³/mol. The lowest BCUT2D eigenvalue weighted by molar-refractivity contribution is 0.478. The fourth-order valence-corrected chi connectivity index (χ4v) is 7.69. The molecule has 0 atom stereocenters. The highest BCUT2D eigenvalue weighted by Gasteiger charge is 2.28. The lowest BCUT2D eigenvalue weighted by Crippen LogP contribution is -2.25. The van der Waals surface area contributed by atoms with Crippen molar-refractivity contribution in [3.05, 3.63) is 0 Å². The van der Waals surface area contributed by atoms with Gasteiger partial charge in [0.2, 0.25) is 0 Å². The van der Waals surface area contributed by atoms with E-state index in [1.165, 1.54) is 0 Å². The number of hydrogen-bond acceptors (Lipinski definition) is 2. The van der Waals surface area contributed by atoms with E-state index in [-0.39, 0.29) is 0 Å². The molecule has 0 aliphatic rings. The Morgan fingerprint density at radius 2 is 1.46 bits per heavy atom. The molecule has 0 heterocycles. The lowest BCUT2D eigenvalue weighted by atomic mass is 10.6. The van der Waals surface area contributed by atoms with E-state index in [0.29, 0.717) is 0 Å². The largest absolute Gasteiger partial charge is 0.370 e. The molecule has 0 amide bonds. The quantitative estimate of drug-likeness (QED) is 0.502. The van der Waals surface area contributed by atoms with Crippen molar-refractivity contribution in [2.24, 2.45) is 0 Å². The molecule has 0 aliphatic heterocycles. The Kier molecular flexibility index (Phi) is 5.49. The first-order chi connectivity index (χ1) is 5.83. The molecule has 4 heteroatoms. The van der Waals surface area contributed by atoms with Gasteiger partial charge in [-0.1, -0.05) is 13.8 Å². The van der Waals surface area contributed by atoms with Gasteiger partial charge in [-0.3, -0.25) is 4.57 Å². The van der Waals surface area contributed by atoms with Crippen LogP contribution in [0.3, 0.4) is 0 Å². The molecule has 0 radical (unpaired) electrons. The minimum atomic E-state index is -2.28. The molecule has 0 aromatic heterocycles. The summed E-state index contributed by atoms with van der Waals surface area (Å²) in [5.41, 5.74) is 0. The van der Waals surface area contributed by atoms with Gasteiger partial charge in [-0.25, -0.2) is 0 Å². The van der Waals surface area contributed by atoms with Crippen molar-refractivity contribution in [2.75, 3.05) is 12.3 Å². The van der Waals surface area contributed by atoms with E-state index in [9.17, 15) is 4.57 Å². The van der Waals surface area contributed by atoms with E-state index in [2.05, 4.69) is 33.5 Å². The Labute approximate surface area is 83.7 Å². The molecular formula is C9H23O2PSi. The molecule has 0 spiro atoms. The van der Waals surface area contributed by atoms with Gasteiger partial charge in [0.15, 0.2) is 15.7 Å². The molecule has 0 unspecified atom stereocenters. The van der Waals surface area contributed by atoms with Crippen LogP contribution in [0.5, 0.6) is 0 Å². The predicted octanol–water partition coefficient (Wildman–Crippen LogP) is 3.94. The van der Waals surface area contributed by atoms with E-state index in [1.807, 2.05) is 0 Å².